The molecular weight excluding hydrogens is 348 g/mol. The fourth-order valence-corrected chi connectivity index (χ4v) is 3.93. The van der Waals surface area contributed by atoms with Crippen LogP contribution in [-0.4, -0.2) is 38.6 Å². The summed E-state index contributed by atoms with van der Waals surface area (Å²) in [7, 11) is 0. The van der Waals surface area contributed by atoms with Crippen molar-refractivity contribution in [2.45, 2.75) is 39.5 Å². The van der Waals surface area contributed by atoms with Crippen molar-refractivity contribution in [1.82, 2.24) is 0 Å². The second-order valence-electron chi connectivity index (χ2n) is 8.33. The number of pyridine rings is 1. The summed E-state index contributed by atoms with van der Waals surface area (Å²) in [4.78, 5) is 19.8. The molecule has 0 unspecified atom stereocenters. The molecule has 1 fully saturated rings. The smallest absolute Gasteiger partial charge is 0.279 e. The van der Waals surface area contributed by atoms with Gasteiger partial charge in [-0.1, -0.05) is 52.0 Å². The third-order valence-electron chi connectivity index (χ3n) is 5.55. The average Bonchev–Trinajstić information content (AvgIpc) is 2.69. The van der Waals surface area contributed by atoms with Crippen LogP contribution in [-0.2, 0) is 4.79 Å². The van der Waals surface area contributed by atoms with E-state index in [9.17, 15) is 4.79 Å². The van der Waals surface area contributed by atoms with Crippen LogP contribution in [0.15, 0.2) is 42.6 Å². The lowest BCUT2D eigenvalue weighted by molar-refractivity contribution is -0.892. The number of nitrogens with one attached hydrogen (secondary N) is 3. The lowest BCUT2D eigenvalue weighted by atomic mass is 9.92. The topological polar surface area (TPSA) is 50.9 Å². The van der Waals surface area contributed by atoms with Gasteiger partial charge in [0.15, 0.2) is 6.54 Å². The van der Waals surface area contributed by atoms with Crippen LogP contribution in [0.1, 0.15) is 50.7 Å². The Bertz CT molecular complexity index is 754. The molecule has 1 aromatic carbocycles. The molecule has 1 aliphatic heterocycles. The van der Waals surface area contributed by atoms with Crippen molar-refractivity contribution in [1.29, 1.82) is 0 Å². The van der Waals surface area contributed by atoms with Crippen LogP contribution in [0, 0.1) is 0 Å². The van der Waals surface area contributed by atoms with Crippen molar-refractivity contribution >= 4 is 17.4 Å². The summed E-state index contributed by atoms with van der Waals surface area (Å²) in [5.41, 5.74) is 3.47. The zero-order chi connectivity index (χ0) is 20.1. The van der Waals surface area contributed by atoms with Gasteiger partial charge in [-0.3, -0.25) is 9.69 Å². The molecule has 0 aliphatic carbocycles. The van der Waals surface area contributed by atoms with Gasteiger partial charge >= 0.3 is 0 Å². The summed E-state index contributed by atoms with van der Waals surface area (Å²) in [6.45, 7) is 13.1. The Balaban J connectivity index is 1.61. The molecule has 28 heavy (non-hydrogen) atoms. The fourth-order valence-electron chi connectivity index (χ4n) is 3.93. The maximum absolute atomic E-state index is 12.8. The normalized spacial score (nSPS) is 15.3. The highest BCUT2D eigenvalue weighted by Gasteiger charge is 2.27. The molecule has 0 saturated carbocycles. The van der Waals surface area contributed by atoms with E-state index in [4.69, 9.17) is 0 Å². The zero-order valence-corrected chi connectivity index (χ0v) is 17.6. The van der Waals surface area contributed by atoms with E-state index in [1.165, 1.54) is 16.0 Å². The summed E-state index contributed by atoms with van der Waals surface area (Å²) in [6.07, 6.45) is 1.96. The molecule has 150 valence electrons. The monoisotopic (exact) mass is 382 g/mol. The molecule has 0 radical (unpaired) electrons. The number of carbonyl (C=O) groups excluding carboxylic acids is 1. The Morgan fingerprint density at radius 3 is 2.21 bits per heavy atom. The van der Waals surface area contributed by atoms with Crippen LogP contribution in [0.4, 0.5) is 11.5 Å². The highest BCUT2D eigenvalue weighted by atomic mass is 16.2. The average molecular weight is 383 g/mol. The summed E-state index contributed by atoms with van der Waals surface area (Å²) in [6, 6.07) is 12.5. The summed E-state index contributed by atoms with van der Waals surface area (Å²) in [5.74, 6) is 2.03. The SMILES string of the molecule is CC(C)c1cccc(C(C)C)c1NC(=O)C[NH+]1CCN(c2cccc[nH+]2)CC1. The minimum Gasteiger partial charge on any atom is -0.321 e. The highest BCUT2D eigenvalue weighted by molar-refractivity contribution is 5.93. The van der Waals surface area contributed by atoms with Crippen LogP contribution >= 0.6 is 0 Å². The molecule has 1 aliphatic rings. The van der Waals surface area contributed by atoms with Gasteiger partial charge in [0.2, 0.25) is 0 Å². The first-order valence-electron chi connectivity index (χ1n) is 10.4. The molecule has 0 bridgehead atoms. The predicted octanol–water partition coefficient (Wildman–Crippen LogP) is 2.09. The van der Waals surface area contributed by atoms with Crippen molar-refractivity contribution in [3.05, 3.63) is 53.7 Å². The van der Waals surface area contributed by atoms with E-state index < -0.39 is 0 Å². The van der Waals surface area contributed by atoms with Gasteiger partial charge in [-0.25, -0.2) is 4.98 Å². The Labute approximate surface area is 168 Å². The van der Waals surface area contributed by atoms with Crippen LogP contribution in [0.3, 0.4) is 0 Å². The third-order valence-corrected chi connectivity index (χ3v) is 5.55. The number of piperazine rings is 1. The van der Waals surface area contributed by atoms with Crippen LogP contribution in [0.5, 0.6) is 0 Å². The lowest BCUT2D eigenvalue weighted by Crippen LogP contribution is -3.15. The van der Waals surface area contributed by atoms with Gasteiger partial charge in [-0.2, -0.15) is 0 Å². The van der Waals surface area contributed by atoms with Gasteiger partial charge < -0.3 is 10.2 Å². The van der Waals surface area contributed by atoms with Gasteiger partial charge in [0.1, 0.15) is 26.2 Å². The maximum atomic E-state index is 12.8. The van der Waals surface area contributed by atoms with Gasteiger partial charge in [-0.05, 0) is 29.0 Å². The number of rotatable bonds is 6. The predicted molar refractivity (Wildman–Crippen MR) is 114 cm³/mol. The summed E-state index contributed by atoms with van der Waals surface area (Å²) < 4.78 is 0. The molecule has 0 atom stereocenters. The van der Waals surface area contributed by atoms with E-state index >= 15 is 0 Å². The molecular formula is C23H34N4O+2. The van der Waals surface area contributed by atoms with Crippen LogP contribution in [0.25, 0.3) is 0 Å². The minimum atomic E-state index is 0.115. The number of quaternary nitrogens is 1. The number of H-pyrrole nitrogens is 1. The lowest BCUT2D eigenvalue weighted by Gasteiger charge is -2.28. The molecule has 5 nitrogen and oxygen atoms in total. The molecule has 1 aromatic heterocycles. The first-order chi connectivity index (χ1) is 13.5. The van der Waals surface area contributed by atoms with Crippen LogP contribution in [0.2, 0.25) is 0 Å². The van der Waals surface area contributed by atoms with Crippen molar-refractivity contribution in [3.8, 4) is 0 Å². The molecule has 5 heteroatoms. The number of carbonyl (C=O) groups is 1. The molecule has 2 aromatic rings. The standard InChI is InChI=1S/C23H32N4O/c1-17(2)19-8-7-9-20(18(3)4)23(19)25-22(28)16-26-12-14-27(15-13-26)21-10-5-6-11-24-21/h5-11,17-18H,12-16H2,1-4H3,(H,25,28)/p+2. The fraction of sp³-hybridized carbons (Fsp3) is 0.478. The summed E-state index contributed by atoms with van der Waals surface area (Å²) >= 11 is 0. The van der Waals surface area contributed by atoms with Crippen molar-refractivity contribution in [2.75, 3.05) is 42.9 Å². The summed E-state index contributed by atoms with van der Waals surface area (Å²) in [5, 5.41) is 3.25. The first kappa shape index (κ1) is 20.3. The number of hydrogen-bond donors (Lipinski definition) is 2. The van der Waals surface area contributed by atoms with E-state index in [0.717, 1.165) is 37.7 Å². The highest BCUT2D eigenvalue weighted by Crippen LogP contribution is 2.32. The number of nitrogens with zero attached hydrogens (tertiary/aromatic N) is 1. The number of amides is 1. The molecule has 1 saturated heterocycles. The number of para-hydroxylation sites is 1. The van der Waals surface area contributed by atoms with Gasteiger partial charge in [0, 0.05) is 11.8 Å². The van der Waals surface area contributed by atoms with Crippen molar-refractivity contribution in [3.63, 3.8) is 0 Å². The molecule has 2 heterocycles. The Kier molecular flexibility index (Phi) is 6.68. The van der Waals surface area contributed by atoms with E-state index in [2.05, 4.69) is 73.2 Å². The van der Waals surface area contributed by atoms with Gasteiger partial charge in [0.25, 0.3) is 11.7 Å². The number of benzene rings is 1. The maximum Gasteiger partial charge on any atom is 0.279 e. The number of anilines is 2. The largest absolute Gasteiger partial charge is 0.321 e. The molecule has 3 rings (SSSR count). The third kappa shape index (κ3) is 4.90. The minimum absolute atomic E-state index is 0.115. The molecule has 1 amide bonds. The Morgan fingerprint density at radius 1 is 1.04 bits per heavy atom. The number of hydrogen-bond acceptors (Lipinski definition) is 2. The quantitative estimate of drug-likeness (QED) is 0.804. The van der Waals surface area contributed by atoms with E-state index in [-0.39, 0.29) is 5.91 Å². The Hall–Kier alpha value is -2.40. The van der Waals surface area contributed by atoms with Crippen LogP contribution < -0.4 is 20.1 Å². The zero-order valence-electron chi connectivity index (χ0n) is 17.6. The number of aromatic nitrogens is 1. The van der Waals surface area contributed by atoms with E-state index in [1.54, 1.807) is 0 Å². The second kappa shape index (κ2) is 9.20. The second-order valence-corrected chi connectivity index (χ2v) is 8.33. The van der Waals surface area contributed by atoms with Crippen molar-refractivity contribution in [2.24, 2.45) is 0 Å². The van der Waals surface area contributed by atoms with Gasteiger partial charge in [0.05, 0.1) is 6.20 Å². The van der Waals surface area contributed by atoms with E-state index in [0.29, 0.717) is 18.4 Å². The molecule has 0 spiro atoms. The van der Waals surface area contributed by atoms with E-state index in [1.807, 2.05) is 12.3 Å². The molecule has 3 N–H and O–H groups in total. The van der Waals surface area contributed by atoms with Gasteiger partial charge in [-0.15, -0.1) is 0 Å². The van der Waals surface area contributed by atoms with Crippen molar-refractivity contribution < 1.29 is 14.7 Å². The first-order valence-corrected chi connectivity index (χ1v) is 10.4. The number of aromatic amines is 1. The Morgan fingerprint density at radius 2 is 1.68 bits per heavy atom.